The maximum Gasteiger partial charge on any atom is 0.265 e. The molecule has 2 aromatic rings. The van der Waals surface area contributed by atoms with Gasteiger partial charge in [0.05, 0.1) is 35.2 Å². The topological polar surface area (TPSA) is 104 Å². The maximum atomic E-state index is 13.7. The second-order valence-corrected chi connectivity index (χ2v) is 10.7. The van der Waals surface area contributed by atoms with Crippen LogP contribution in [0.3, 0.4) is 0 Å². The Labute approximate surface area is 173 Å². The van der Waals surface area contributed by atoms with E-state index in [2.05, 4.69) is 4.72 Å². The van der Waals surface area contributed by atoms with Crippen LogP contribution in [0.25, 0.3) is 0 Å². The molecule has 0 aliphatic carbocycles. The Morgan fingerprint density at radius 3 is 2.14 bits per heavy atom. The van der Waals surface area contributed by atoms with Gasteiger partial charge in [-0.05, 0) is 56.0 Å². The largest absolute Gasteiger partial charge is 0.391 e. The van der Waals surface area contributed by atoms with Crippen molar-refractivity contribution in [2.45, 2.75) is 45.1 Å². The highest BCUT2D eigenvalue weighted by molar-refractivity contribution is 7.93. The fraction of sp³-hybridized carbons (Fsp3) is 0.400. The van der Waals surface area contributed by atoms with E-state index in [1.54, 1.807) is 64.1 Å². The Morgan fingerprint density at radius 1 is 1.03 bits per heavy atom. The lowest BCUT2D eigenvalue weighted by atomic mass is 10.1. The quantitative estimate of drug-likeness (QED) is 0.657. The van der Waals surface area contributed by atoms with Gasteiger partial charge in [-0.2, -0.15) is 0 Å². The van der Waals surface area contributed by atoms with E-state index in [4.69, 9.17) is 0 Å². The van der Waals surface area contributed by atoms with E-state index in [9.17, 15) is 21.9 Å². The van der Waals surface area contributed by atoms with E-state index in [0.29, 0.717) is 28.8 Å². The van der Waals surface area contributed by atoms with Crippen LogP contribution in [0.15, 0.2) is 41.3 Å². The van der Waals surface area contributed by atoms with Crippen LogP contribution in [0.4, 0.5) is 11.4 Å². The van der Waals surface area contributed by atoms with Gasteiger partial charge in [-0.3, -0.25) is 9.03 Å². The van der Waals surface area contributed by atoms with Crippen molar-refractivity contribution in [2.75, 3.05) is 21.8 Å². The summed E-state index contributed by atoms with van der Waals surface area (Å²) in [5.74, 6) is 0. The first-order chi connectivity index (χ1) is 13.4. The average Bonchev–Trinajstić information content (AvgIpc) is 2.62. The summed E-state index contributed by atoms with van der Waals surface area (Å²) in [4.78, 5) is 0.0291. The summed E-state index contributed by atoms with van der Waals surface area (Å²) in [5, 5.41) is 10.2. The highest BCUT2D eigenvalue weighted by atomic mass is 32.2. The number of aryl methyl sites for hydroxylation is 2. The number of nitrogens with one attached hydrogen (secondary N) is 1. The van der Waals surface area contributed by atoms with E-state index in [1.807, 2.05) is 0 Å². The van der Waals surface area contributed by atoms with Gasteiger partial charge < -0.3 is 5.11 Å². The van der Waals surface area contributed by atoms with Gasteiger partial charge >= 0.3 is 0 Å². The lowest BCUT2D eigenvalue weighted by molar-refractivity contribution is 0.179. The Bertz CT molecular complexity index is 1080. The molecule has 1 atom stereocenters. The molecule has 29 heavy (non-hydrogen) atoms. The first-order valence-corrected chi connectivity index (χ1v) is 12.6. The number of para-hydroxylation sites is 1. The molecular weight excluding hydrogens is 412 g/mol. The molecule has 2 aromatic carbocycles. The summed E-state index contributed by atoms with van der Waals surface area (Å²) >= 11 is 0. The van der Waals surface area contributed by atoms with Crippen molar-refractivity contribution >= 4 is 31.4 Å². The van der Waals surface area contributed by atoms with Gasteiger partial charge in [-0.25, -0.2) is 16.8 Å². The molecule has 0 radical (unpaired) electrons. The van der Waals surface area contributed by atoms with E-state index in [0.717, 1.165) is 6.26 Å². The Kier molecular flexibility index (Phi) is 6.97. The summed E-state index contributed by atoms with van der Waals surface area (Å²) in [7, 11) is -7.67. The van der Waals surface area contributed by atoms with Crippen molar-refractivity contribution < 1.29 is 21.9 Å². The van der Waals surface area contributed by atoms with E-state index in [-0.39, 0.29) is 17.1 Å². The number of sulfonamides is 2. The monoisotopic (exact) mass is 440 g/mol. The van der Waals surface area contributed by atoms with Crippen LogP contribution in [-0.2, 0) is 20.0 Å². The van der Waals surface area contributed by atoms with E-state index in [1.165, 1.54) is 4.31 Å². The lowest BCUT2D eigenvalue weighted by Gasteiger charge is -2.29. The number of aliphatic hydroxyl groups is 1. The molecule has 1 unspecified atom stereocenters. The summed E-state index contributed by atoms with van der Waals surface area (Å²) in [6.07, 6.45) is 0.573. The molecule has 160 valence electrons. The second-order valence-electron chi connectivity index (χ2n) is 7.15. The van der Waals surface area contributed by atoms with Crippen LogP contribution in [0.5, 0.6) is 0 Å². The lowest BCUT2D eigenvalue weighted by Crippen LogP contribution is -2.38. The molecule has 0 aliphatic heterocycles. The zero-order valence-electron chi connectivity index (χ0n) is 17.3. The third-order valence-electron chi connectivity index (χ3n) is 4.63. The predicted molar refractivity (Wildman–Crippen MR) is 116 cm³/mol. The minimum absolute atomic E-state index is 0.0291. The first kappa shape index (κ1) is 23.2. The predicted octanol–water partition coefficient (Wildman–Crippen LogP) is 2.95. The van der Waals surface area contributed by atoms with Crippen molar-refractivity contribution in [3.05, 3.63) is 53.1 Å². The van der Waals surface area contributed by atoms with E-state index >= 15 is 0 Å². The molecule has 2 rings (SSSR count). The smallest absolute Gasteiger partial charge is 0.265 e. The number of nitrogens with zero attached hydrogens (tertiary/aromatic N) is 1. The summed E-state index contributed by atoms with van der Waals surface area (Å²) in [6.45, 7) is 6.65. The van der Waals surface area contributed by atoms with Crippen molar-refractivity contribution in [2.24, 2.45) is 0 Å². The molecule has 0 spiro atoms. The van der Waals surface area contributed by atoms with Gasteiger partial charge in [0.25, 0.3) is 10.0 Å². The molecule has 0 aliphatic rings. The summed E-state index contributed by atoms with van der Waals surface area (Å²) in [5.41, 5.74) is 2.13. The average molecular weight is 441 g/mol. The number of aliphatic hydroxyl groups excluding tert-OH is 1. The number of hydrogen-bond acceptors (Lipinski definition) is 5. The zero-order valence-corrected chi connectivity index (χ0v) is 18.9. The summed E-state index contributed by atoms with van der Waals surface area (Å²) in [6, 6.07) is 10.2. The molecule has 9 heteroatoms. The first-order valence-electron chi connectivity index (χ1n) is 9.23. The van der Waals surface area contributed by atoms with Crippen LogP contribution in [-0.4, -0.2) is 40.8 Å². The Balaban J connectivity index is 2.73. The second kappa shape index (κ2) is 8.73. The molecule has 0 bridgehead atoms. The Morgan fingerprint density at radius 2 is 1.62 bits per heavy atom. The molecule has 0 aromatic heterocycles. The molecule has 0 fully saturated rings. The molecule has 0 saturated heterocycles. The number of hydrogen-bond donors (Lipinski definition) is 2. The van der Waals surface area contributed by atoms with Gasteiger partial charge in [0.2, 0.25) is 10.0 Å². The van der Waals surface area contributed by atoms with E-state index < -0.39 is 26.2 Å². The SMILES string of the molecule is CCC(O)CN(c1ccccc1)S(=O)(=O)c1c(C)cc(C)c(NS(C)(=O)=O)c1C. The van der Waals surface area contributed by atoms with Gasteiger partial charge in [-0.15, -0.1) is 0 Å². The van der Waals surface area contributed by atoms with Gasteiger partial charge in [0.15, 0.2) is 0 Å². The van der Waals surface area contributed by atoms with Crippen LogP contribution >= 0.6 is 0 Å². The minimum Gasteiger partial charge on any atom is -0.391 e. The highest BCUT2D eigenvalue weighted by Crippen LogP contribution is 2.34. The molecule has 7 nitrogen and oxygen atoms in total. The van der Waals surface area contributed by atoms with Gasteiger partial charge in [-0.1, -0.05) is 31.2 Å². The molecular formula is C20H28N2O5S2. The standard InChI is InChI=1S/C20H28N2O5S2/c1-6-18(23)13-22(17-10-8-7-9-11-17)29(26,27)20-15(3)12-14(2)19(16(20)4)21-28(5,24)25/h7-12,18,21,23H,6,13H2,1-5H3. The number of anilines is 2. The molecule has 0 saturated carbocycles. The molecule has 2 N–H and O–H groups in total. The van der Waals surface area contributed by atoms with Crippen LogP contribution in [0, 0.1) is 20.8 Å². The highest BCUT2D eigenvalue weighted by Gasteiger charge is 2.31. The molecule has 0 amide bonds. The van der Waals surface area contributed by atoms with Crippen LogP contribution < -0.4 is 9.03 Å². The number of rotatable bonds is 8. The van der Waals surface area contributed by atoms with Crippen molar-refractivity contribution in [1.82, 2.24) is 0 Å². The maximum absolute atomic E-state index is 13.7. The third kappa shape index (κ3) is 5.29. The molecule has 0 heterocycles. The Hall–Kier alpha value is -2.10. The number of benzene rings is 2. The van der Waals surface area contributed by atoms with Crippen LogP contribution in [0.1, 0.15) is 30.0 Å². The third-order valence-corrected chi connectivity index (χ3v) is 7.29. The normalized spacial score (nSPS) is 13.2. The van der Waals surface area contributed by atoms with Crippen molar-refractivity contribution in [3.63, 3.8) is 0 Å². The van der Waals surface area contributed by atoms with Gasteiger partial charge in [0, 0.05) is 0 Å². The minimum atomic E-state index is -4.08. The van der Waals surface area contributed by atoms with Crippen molar-refractivity contribution in [3.8, 4) is 0 Å². The van der Waals surface area contributed by atoms with Crippen molar-refractivity contribution in [1.29, 1.82) is 0 Å². The van der Waals surface area contributed by atoms with Gasteiger partial charge in [0.1, 0.15) is 0 Å². The fourth-order valence-electron chi connectivity index (χ4n) is 3.27. The zero-order chi connectivity index (χ0) is 22.0. The van der Waals surface area contributed by atoms with Crippen LogP contribution in [0.2, 0.25) is 0 Å². The fourth-order valence-corrected chi connectivity index (χ4v) is 5.90. The summed E-state index contributed by atoms with van der Waals surface area (Å²) < 4.78 is 54.6.